The molecule has 1 aromatic heterocycles. The van der Waals surface area contributed by atoms with Gasteiger partial charge in [0.2, 0.25) is 0 Å². The summed E-state index contributed by atoms with van der Waals surface area (Å²) in [5.41, 5.74) is 4.58. The molecule has 0 fully saturated rings. The van der Waals surface area contributed by atoms with E-state index in [2.05, 4.69) is 4.99 Å². The fourth-order valence-corrected chi connectivity index (χ4v) is 3.13. The fourth-order valence-electron chi connectivity index (χ4n) is 3.13. The molecule has 0 aliphatic rings. The number of esters is 1. The standard InChI is InChI=1S/C22H21N3O4/c1-4-29-22(26)17-7-5-8-19(12-17)23-14-18-11-15(2)24(16(18)3)20-9-6-10-21(13-20)25(27)28/h5-14H,4H2,1-3H3. The molecule has 2 aromatic carbocycles. The van der Waals surface area contributed by atoms with E-state index in [4.69, 9.17) is 4.74 Å². The zero-order chi connectivity index (χ0) is 21.0. The van der Waals surface area contributed by atoms with Gasteiger partial charge in [-0.1, -0.05) is 12.1 Å². The summed E-state index contributed by atoms with van der Waals surface area (Å²) in [6.07, 6.45) is 1.72. The predicted octanol–water partition coefficient (Wildman–Crippen LogP) is 4.93. The van der Waals surface area contributed by atoms with E-state index in [1.54, 1.807) is 49.5 Å². The number of carbonyl (C=O) groups excluding carboxylic acids is 1. The normalized spacial score (nSPS) is 11.0. The highest BCUT2D eigenvalue weighted by molar-refractivity contribution is 5.91. The largest absolute Gasteiger partial charge is 0.462 e. The number of carbonyl (C=O) groups is 1. The second-order valence-corrected chi connectivity index (χ2v) is 6.47. The maximum absolute atomic E-state index is 11.9. The number of nitro groups is 1. The Morgan fingerprint density at radius 3 is 2.66 bits per heavy atom. The quantitative estimate of drug-likeness (QED) is 0.258. The topological polar surface area (TPSA) is 86.7 Å². The van der Waals surface area contributed by atoms with Crippen molar-refractivity contribution in [3.8, 4) is 5.69 Å². The summed E-state index contributed by atoms with van der Waals surface area (Å²) in [6, 6.07) is 15.4. The molecule has 29 heavy (non-hydrogen) atoms. The van der Waals surface area contributed by atoms with Crippen molar-refractivity contribution in [1.82, 2.24) is 4.57 Å². The van der Waals surface area contributed by atoms with Crippen LogP contribution in [0.1, 0.15) is 34.2 Å². The van der Waals surface area contributed by atoms with Gasteiger partial charge in [0.05, 0.1) is 28.5 Å². The number of aliphatic imine (C=N–C) groups is 1. The van der Waals surface area contributed by atoms with Crippen molar-refractivity contribution in [2.45, 2.75) is 20.8 Å². The zero-order valence-electron chi connectivity index (χ0n) is 16.5. The van der Waals surface area contributed by atoms with Gasteiger partial charge in [-0.25, -0.2) is 4.79 Å². The summed E-state index contributed by atoms with van der Waals surface area (Å²) in [5, 5.41) is 11.1. The molecule has 3 rings (SSSR count). The molecular weight excluding hydrogens is 370 g/mol. The van der Waals surface area contributed by atoms with Crippen LogP contribution in [0, 0.1) is 24.0 Å². The molecule has 0 N–H and O–H groups in total. The summed E-state index contributed by atoms with van der Waals surface area (Å²) < 4.78 is 6.97. The minimum atomic E-state index is -0.406. The number of hydrogen-bond donors (Lipinski definition) is 0. The van der Waals surface area contributed by atoms with Gasteiger partial charge < -0.3 is 9.30 Å². The molecule has 0 spiro atoms. The van der Waals surface area contributed by atoms with Crippen LogP contribution < -0.4 is 0 Å². The lowest BCUT2D eigenvalue weighted by Gasteiger charge is -2.09. The number of nitrogens with zero attached hydrogens (tertiary/aromatic N) is 3. The highest BCUT2D eigenvalue weighted by atomic mass is 16.6. The van der Waals surface area contributed by atoms with Gasteiger partial charge >= 0.3 is 5.97 Å². The van der Waals surface area contributed by atoms with E-state index in [1.165, 1.54) is 6.07 Å². The van der Waals surface area contributed by atoms with Crippen molar-refractivity contribution in [2.75, 3.05) is 6.61 Å². The summed E-state index contributed by atoms with van der Waals surface area (Å²) in [6.45, 7) is 5.94. The molecule has 0 aliphatic carbocycles. The van der Waals surface area contributed by atoms with Crippen LogP contribution >= 0.6 is 0 Å². The Hall–Kier alpha value is -3.74. The number of non-ortho nitro benzene ring substituents is 1. The first kappa shape index (κ1) is 20.0. The summed E-state index contributed by atoms with van der Waals surface area (Å²) >= 11 is 0. The third-order valence-electron chi connectivity index (χ3n) is 4.48. The van der Waals surface area contributed by atoms with Gasteiger partial charge in [-0.3, -0.25) is 15.1 Å². The van der Waals surface area contributed by atoms with Crippen LogP contribution in [0.3, 0.4) is 0 Å². The minimum absolute atomic E-state index is 0.0426. The Labute approximate surface area is 168 Å². The predicted molar refractivity (Wildman–Crippen MR) is 112 cm³/mol. The summed E-state index contributed by atoms with van der Waals surface area (Å²) in [5.74, 6) is -0.381. The molecule has 7 heteroatoms. The molecule has 3 aromatic rings. The first-order chi connectivity index (χ1) is 13.9. The second kappa shape index (κ2) is 8.52. The van der Waals surface area contributed by atoms with Crippen LogP contribution in [0.4, 0.5) is 11.4 Å². The first-order valence-electron chi connectivity index (χ1n) is 9.15. The van der Waals surface area contributed by atoms with Crippen molar-refractivity contribution >= 4 is 23.6 Å². The third-order valence-corrected chi connectivity index (χ3v) is 4.48. The van der Waals surface area contributed by atoms with Gasteiger partial charge in [0.1, 0.15) is 0 Å². The Kier molecular flexibility index (Phi) is 5.87. The Morgan fingerprint density at radius 1 is 1.17 bits per heavy atom. The number of hydrogen-bond acceptors (Lipinski definition) is 5. The Bertz CT molecular complexity index is 1100. The average molecular weight is 391 g/mol. The molecular formula is C22H21N3O4. The highest BCUT2D eigenvalue weighted by Crippen LogP contribution is 2.24. The number of aromatic nitrogens is 1. The van der Waals surface area contributed by atoms with Crippen molar-refractivity contribution in [3.63, 3.8) is 0 Å². The van der Waals surface area contributed by atoms with Gasteiger partial charge in [0.15, 0.2) is 0 Å². The molecule has 0 saturated heterocycles. The number of benzene rings is 2. The second-order valence-electron chi connectivity index (χ2n) is 6.47. The number of aryl methyl sites for hydroxylation is 1. The molecule has 0 amide bonds. The van der Waals surface area contributed by atoms with Crippen molar-refractivity contribution in [2.24, 2.45) is 4.99 Å². The van der Waals surface area contributed by atoms with Crippen LogP contribution in [0.2, 0.25) is 0 Å². The van der Waals surface area contributed by atoms with Crippen molar-refractivity contribution < 1.29 is 14.5 Å². The Morgan fingerprint density at radius 2 is 1.93 bits per heavy atom. The van der Waals surface area contributed by atoms with Crippen LogP contribution in [-0.2, 0) is 4.74 Å². The molecule has 0 radical (unpaired) electrons. The van der Waals surface area contributed by atoms with E-state index in [9.17, 15) is 14.9 Å². The van der Waals surface area contributed by atoms with E-state index >= 15 is 0 Å². The van der Waals surface area contributed by atoms with E-state index in [0.717, 1.165) is 22.6 Å². The lowest BCUT2D eigenvalue weighted by molar-refractivity contribution is -0.384. The summed E-state index contributed by atoms with van der Waals surface area (Å²) in [4.78, 5) is 27.0. The smallest absolute Gasteiger partial charge is 0.338 e. The van der Waals surface area contributed by atoms with Crippen LogP contribution in [-0.4, -0.2) is 28.3 Å². The van der Waals surface area contributed by atoms with E-state index in [0.29, 0.717) is 17.9 Å². The van der Waals surface area contributed by atoms with Crippen molar-refractivity contribution in [1.29, 1.82) is 0 Å². The zero-order valence-corrected chi connectivity index (χ0v) is 16.5. The van der Waals surface area contributed by atoms with Crippen LogP contribution in [0.25, 0.3) is 5.69 Å². The third kappa shape index (κ3) is 4.40. The van der Waals surface area contributed by atoms with E-state index in [-0.39, 0.29) is 11.7 Å². The van der Waals surface area contributed by atoms with E-state index < -0.39 is 4.92 Å². The van der Waals surface area contributed by atoms with Gasteiger partial charge in [0.25, 0.3) is 5.69 Å². The lowest BCUT2D eigenvalue weighted by Crippen LogP contribution is -2.03. The number of ether oxygens (including phenoxy) is 1. The van der Waals surface area contributed by atoms with Gasteiger partial charge in [-0.2, -0.15) is 0 Å². The molecule has 0 bridgehead atoms. The maximum atomic E-state index is 11.9. The number of nitro benzene ring substituents is 1. The average Bonchev–Trinajstić information content (AvgIpc) is 3.00. The molecule has 0 atom stereocenters. The van der Waals surface area contributed by atoms with Gasteiger partial charge in [-0.15, -0.1) is 0 Å². The Balaban J connectivity index is 1.91. The number of rotatable bonds is 6. The molecule has 148 valence electrons. The molecule has 0 saturated carbocycles. The summed E-state index contributed by atoms with van der Waals surface area (Å²) in [7, 11) is 0. The van der Waals surface area contributed by atoms with Gasteiger partial charge in [0, 0.05) is 35.3 Å². The van der Waals surface area contributed by atoms with E-state index in [1.807, 2.05) is 30.5 Å². The fraction of sp³-hybridized carbons (Fsp3) is 0.182. The maximum Gasteiger partial charge on any atom is 0.338 e. The SMILES string of the molecule is CCOC(=O)c1cccc(N=Cc2cc(C)n(-c3cccc([N+](=O)[O-])c3)c2C)c1. The molecule has 0 unspecified atom stereocenters. The lowest BCUT2D eigenvalue weighted by atomic mass is 10.2. The van der Waals surface area contributed by atoms with Crippen LogP contribution in [0.15, 0.2) is 59.6 Å². The molecule has 1 heterocycles. The minimum Gasteiger partial charge on any atom is -0.462 e. The van der Waals surface area contributed by atoms with Crippen LogP contribution in [0.5, 0.6) is 0 Å². The molecule has 0 aliphatic heterocycles. The van der Waals surface area contributed by atoms with Gasteiger partial charge in [-0.05, 0) is 51.1 Å². The monoisotopic (exact) mass is 391 g/mol. The van der Waals surface area contributed by atoms with Crippen molar-refractivity contribution in [3.05, 3.63) is 87.2 Å². The first-order valence-corrected chi connectivity index (χ1v) is 9.15. The molecule has 7 nitrogen and oxygen atoms in total. The highest BCUT2D eigenvalue weighted by Gasteiger charge is 2.13.